The van der Waals surface area contributed by atoms with Gasteiger partial charge in [-0.1, -0.05) is 25.1 Å². The molecule has 1 N–H and O–H groups in total. The molecule has 1 fully saturated rings. The van der Waals surface area contributed by atoms with Crippen LogP contribution in [0.1, 0.15) is 41.4 Å². The summed E-state index contributed by atoms with van der Waals surface area (Å²) >= 11 is 0. The number of carbonyl (C=O) groups excluding carboxylic acids is 1. The Morgan fingerprint density at radius 1 is 1.25 bits per heavy atom. The van der Waals surface area contributed by atoms with Crippen molar-refractivity contribution in [3.05, 3.63) is 47.3 Å². The van der Waals surface area contributed by atoms with Crippen LogP contribution in [0.3, 0.4) is 0 Å². The Morgan fingerprint density at radius 2 is 1.93 bits per heavy atom. The van der Waals surface area contributed by atoms with E-state index in [1.165, 1.54) is 12.8 Å². The predicted molar refractivity (Wildman–Crippen MR) is 100 cm³/mol. The van der Waals surface area contributed by atoms with E-state index >= 15 is 0 Å². The second kappa shape index (κ2) is 8.34. The van der Waals surface area contributed by atoms with Gasteiger partial charge >= 0.3 is 6.18 Å². The minimum Gasteiger partial charge on any atom is -0.352 e. The number of hydrogen-bond acceptors (Lipinski definition) is 3. The van der Waals surface area contributed by atoms with Crippen molar-refractivity contribution in [2.24, 2.45) is 5.92 Å². The van der Waals surface area contributed by atoms with Gasteiger partial charge in [-0.25, -0.2) is 4.68 Å². The first kappa shape index (κ1) is 20.4. The van der Waals surface area contributed by atoms with E-state index < -0.39 is 23.3 Å². The summed E-state index contributed by atoms with van der Waals surface area (Å²) in [4.78, 5) is 14.8. The van der Waals surface area contributed by atoms with Crippen molar-refractivity contribution >= 4 is 5.91 Å². The molecule has 1 atom stereocenters. The Morgan fingerprint density at radius 3 is 2.57 bits per heavy atom. The highest BCUT2D eigenvalue weighted by Crippen LogP contribution is 2.34. The number of nitrogens with one attached hydrogen (secondary N) is 1. The molecule has 0 bridgehead atoms. The number of aryl methyl sites for hydroxylation is 1. The average Bonchev–Trinajstić information content (AvgIpc) is 3.29. The van der Waals surface area contributed by atoms with Gasteiger partial charge in [-0.2, -0.15) is 18.3 Å². The lowest BCUT2D eigenvalue weighted by molar-refractivity contribution is -0.143. The van der Waals surface area contributed by atoms with Gasteiger partial charge in [0.2, 0.25) is 0 Å². The number of aromatic nitrogens is 2. The molecule has 0 saturated carbocycles. The lowest BCUT2D eigenvalue weighted by Crippen LogP contribution is -2.35. The maximum atomic E-state index is 13.7. The van der Waals surface area contributed by atoms with Crippen molar-refractivity contribution in [2.75, 3.05) is 26.2 Å². The quantitative estimate of drug-likeness (QED) is 0.814. The van der Waals surface area contributed by atoms with E-state index in [9.17, 15) is 18.0 Å². The number of benzene rings is 1. The molecule has 0 aliphatic carbocycles. The number of halogens is 3. The highest BCUT2D eigenvalue weighted by Gasteiger charge is 2.40. The van der Waals surface area contributed by atoms with E-state index in [1.54, 1.807) is 31.2 Å². The summed E-state index contributed by atoms with van der Waals surface area (Å²) in [7, 11) is 0. The number of nitrogens with zero attached hydrogens (tertiary/aromatic N) is 3. The van der Waals surface area contributed by atoms with Gasteiger partial charge in [-0.3, -0.25) is 4.79 Å². The molecule has 2 aromatic rings. The zero-order valence-electron chi connectivity index (χ0n) is 16.1. The first-order chi connectivity index (χ1) is 13.3. The summed E-state index contributed by atoms with van der Waals surface area (Å²) in [5, 5.41) is 6.52. The van der Waals surface area contributed by atoms with E-state index in [4.69, 9.17) is 0 Å². The molecule has 28 heavy (non-hydrogen) atoms. The fraction of sp³-hybridized carbons (Fsp3) is 0.500. The third-order valence-corrected chi connectivity index (χ3v) is 5.01. The van der Waals surface area contributed by atoms with E-state index in [0.717, 1.165) is 30.5 Å². The van der Waals surface area contributed by atoms with Crippen molar-refractivity contribution in [2.45, 2.75) is 32.9 Å². The van der Waals surface area contributed by atoms with Crippen LogP contribution in [-0.2, 0) is 6.18 Å². The molecule has 2 heterocycles. The van der Waals surface area contributed by atoms with Gasteiger partial charge in [0.05, 0.1) is 17.4 Å². The van der Waals surface area contributed by atoms with Crippen molar-refractivity contribution in [3.8, 4) is 5.69 Å². The molecule has 8 heteroatoms. The van der Waals surface area contributed by atoms with Crippen LogP contribution in [0.15, 0.2) is 30.5 Å². The van der Waals surface area contributed by atoms with Crippen LogP contribution in [0.5, 0.6) is 0 Å². The average molecular weight is 394 g/mol. The molecular formula is C20H25F3N4O. The summed E-state index contributed by atoms with van der Waals surface area (Å²) in [6, 6.07) is 6.64. The Labute approximate surface area is 162 Å². The smallest absolute Gasteiger partial charge is 0.352 e. The molecule has 1 aliphatic heterocycles. The second-order valence-corrected chi connectivity index (χ2v) is 7.43. The predicted octanol–water partition coefficient (Wildman–Crippen LogP) is 3.66. The summed E-state index contributed by atoms with van der Waals surface area (Å²) in [5.74, 6) is -0.594. The van der Waals surface area contributed by atoms with Gasteiger partial charge in [0.15, 0.2) is 5.69 Å². The monoisotopic (exact) mass is 394 g/mol. The lowest BCUT2D eigenvalue weighted by Gasteiger charge is -2.20. The third kappa shape index (κ3) is 4.55. The molecule has 1 aromatic heterocycles. The number of hydrogen-bond donors (Lipinski definition) is 1. The van der Waals surface area contributed by atoms with Crippen LogP contribution >= 0.6 is 0 Å². The number of alkyl halides is 3. The molecule has 0 radical (unpaired) electrons. The van der Waals surface area contributed by atoms with Crippen LogP contribution in [0.2, 0.25) is 0 Å². The zero-order chi connectivity index (χ0) is 20.3. The highest BCUT2D eigenvalue weighted by atomic mass is 19.4. The number of carbonyl (C=O) groups is 1. The lowest BCUT2D eigenvalue weighted by atomic mass is 10.1. The first-order valence-corrected chi connectivity index (χ1v) is 9.49. The Hall–Kier alpha value is -2.35. The Kier molecular flexibility index (Phi) is 6.07. The van der Waals surface area contributed by atoms with E-state index in [1.807, 2.05) is 6.92 Å². The Balaban J connectivity index is 1.77. The summed E-state index contributed by atoms with van der Waals surface area (Å²) in [5.41, 5.74) is -0.561. The number of rotatable bonds is 6. The van der Waals surface area contributed by atoms with Crippen molar-refractivity contribution in [1.29, 1.82) is 0 Å². The van der Waals surface area contributed by atoms with E-state index in [0.29, 0.717) is 17.8 Å². The Bertz CT molecular complexity index is 825. The van der Waals surface area contributed by atoms with Gasteiger partial charge in [-0.05, 0) is 50.4 Å². The SMILES string of the molecule is Cc1ccccc1-n1ncc(C(=O)NCC(C)CN2CCCC2)c1C(F)(F)F. The molecule has 5 nitrogen and oxygen atoms in total. The van der Waals surface area contributed by atoms with Crippen LogP contribution in [-0.4, -0.2) is 46.8 Å². The fourth-order valence-corrected chi connectivity index (χ4v) is 3.60. The maximum Gasteiger partial charge on any atom is 0.434 e. The second-order valence-electron chi connectivity index (χ2n) is 7.43. The standard InChI is InChI=1S/C20H25F3N4O/c1-14(13-26-9-5-6-10-26)11-24-19(28)16-12-25-27(18(16)20(21,22)23)17-8-4-3-7-15(17)2/h3-4,7-8,12,14H,5-6,9-11,13H2,1-2H3,(H,24,28). The summed E-state index contributed by atoms with van der Waals surface area (Å²) in [6.45, 7) is 6.92. The molecule has 1 unspecified atom stereocenters. The zero-order valence-corrected chi connectivity index (χ0v) is 16.1. The minimum absolute atomic E-state index is 0.155. The van der Waals surface area contributed by atoms with Crippen LogP contribution < -0.4 is 5.32 Å². The molecule has 1 aromatic carbocycles. The minimum atomic E-state index is -4.70. The fourth-order valence-electron chi connectivity index (χ4n) is 3.60. The van der Waals surface area contributed by atoms with E-state index in [2.05, 4.69) is 15.3 Å². The van der Waals surface area contributed by atoms with Gasteiger partial charge in [0, 0.05) is 13.1 Å². The molecular weight excluding hydrogens is 369 g/mol. The molecule has 1 amide bonds. The van der Waals surface area contributed by atoms with Gasteiger partial charge in [0.25, 0.3) is 5.91 Å². The van der Waals surface area contributed by atoms with Crippen molar-refractivity contribution < 1.29 is 18.0 Å². The molecule has 1 aliphatic rings. The highest BCUT2D eigenvalue weighted by molar-refractivity contribution is 5.95. The van der Waals surface area contributed by atoms with Crippen LogP contribution in [0.25, 0.3) is 5.69 Å². The molecule has 3 rings (SSSR count). The topological polar surface area (TPSA) is 50.2 Å². The maximum absolute atomic E-state index is 13.7. The number of para-hydroxylation sites is 1. The molecule has 1 saturated heterocycles. The van der Waals surface area contributed by atoms with Crippen LogP contribution in [0.4, 0.5) is 13.2 Å². The normalized spacial score (nSPS) is 16.3. The van der Waals surface area contributed by atoms with Gasteiger partial charge in [0.1, 0.15) is 0 Å². The van der Waals surface area contributed by atoms with Crippen molar-refractivity contribution in [1.82, 2.24) is 20.0 Å². The van der Waals surface area contributed by atoms with Gasteiger partial charge in [-0.15, -0.1) is 0 Å². The largest absolute Gasteiger partial charge is 0.434 e. The third-order valence-electron chi connectivity index (χ3n) is 5.01. The summed E-state index contributed by atoms with van der Waals surface area (Å²) < 4.78 is 42.0. The molecule has 152 valence electrons. The van der Waals surface area contributed by atoms with Crippen molar-refractivity contribution in [3.63, 3.8) is 0 Å². The van der Waals surface area contributed by atoms with Crippen LogP contribution in [0, 0.1) is 12.8 Å². The summed E-state index contributed by atoms with van der Waals surface area (Å²) in [6.07, 6.45) is -1.36. The molecule has 0 spiro atoms. The number of likely N-dealkylation sites (tertiary alicyclic amines) is 1. The van der Waals surface area contributed by atoms with E-state index in [-0.39, 0.29) is 5.92 Å². The number of amides is 1. The van der Waals surface area contributed by atoms with Gasteiger partial charge < -0.3 is 10.2 Å². The first-order valence-electron chi connectivity index (χ1n) is 9.49.